The van der Waals surface area contributed by atoms with Gasteiger partial charge in [0.15, 0.2) is 0 Å². The van der Waals surface area contributed by atoms with Crippen LogP contribution in [0.5, 0.6) is 0 Å². The molecule has 0 unspecified atom stereocenters. The molecule has 1 aromatic carbocycles. The van der Waals surface area contributed by atoms with Gasteiger partial charge in [-0.15, -0.1) is 0 Å². The summed E-state index contributed by atoms with van der Waals surface area (Å²) in [5.41, 5.74) is 0.845. The van der Waals surface area contributed by atoms with Gasteiger partial charge in [0.25, 0.3) is 0 Å². The minimum Gasteiger partial charge on any atom is -0.481 e. The largest absolute Gasteiger partial charge is 0.481 e. The third-order valence-corrected chi connectivity index (χ3v) is 3.27. The molecule has 17 heavy (non-hydrogen) atoms. The molecule has 1 aromatic rings. The van der Waals surface area contributed by atoms with E-state index in [9.17, 15) is 9.59 Å². The Hall–Kier alpha value is -1.84. The number of carboxylic acids is 1. The Morgan fingerprint density at radius 3 is 2.65 bits per heavy atom. The van der Waals surface area contributed by atoms with Gasteiger partial charge in [-0.25, -0.2) is 0 Å². The molecule has 90 valence electrons. The Labute approximate surface area is 99.9 Å². The van der Waals surface area contributed by atoms with Crippen LogP contribution >= 0.6 is 0 Å². The molecule has 1 fully saturated rings. The van der Waals surface area contributed by atoms with E-state index in [1.54, 1.807) is 4.90 Å². The monoisotopic (exact) mass is 233 g/mol. The van der Waals surface area contributed by atoms with Crippen molar-refractivity contribution >= 4 is 17.6 Å². The number of anilines is 1. The van der Waals surface area contributed by atoms with Gasteiger partial charge in [0.2, 0.25) is 5.91 Å². The number of hydrogen-bond acceptors (Lipinski definition) is 2. The first kappa shape index (κ1) is 11.6. The van der Waals surface area contributed by atoms with Crippen molar-refractivity contribution in [2.45, 2.75) is 25.8 Å². The molecule has 2 rings (SSSR count). The van der Waals surface area contributed by atoms with Gasteiger partial charge in [0, 0.05) is 18.2 Å². The lowest BCUT2D eigenvalue weighted by molar-refractivity contribution is -0.138. The fourth-order valence-electron chi connectivity index (χ4n) is 2.37. The number of carbonyl (C=O) groups is 2. The number of nitrogens with zero attached hydrogens (tertiary/aromatic N) is 1. The third kappa shape index (κ3) is 2.30. The van der Waals surface area contributed by atoms with E-state index in [4.69, 9.17) is 5.11 Å². The summed E-state index contributed by atoms with van der Waals surface area (Å²) < 4.78 is 0. The standard InChI is InChI=1S/C13H15NO3/c1-9-10(8-13(16)17)7-12(15)14(9)11-5-3-2-4-6-11/h2-6,9-10H,7-8H2,1H3,(H,16,17)/t9-,10-/m1/s1. The van der Waals surface area contributed by atoms with Crippen molar-refractivity contribution in [3.05, 3.63) is 30.3 Å². The van der Waals surface area contributed by atoms with E-state index in [1.165, 1.54) is 0 Å². The number of amides is 1. The maximum absolute atomic E-state index is 11.9. The maximum Gasteiger partial charge on any atom is 0.303 e. The predicted molar refractivity (Wildman–Crippen MR) is 63.7 cm³/mol. The van der Waals surface area contributed by atoms with Crippen LogP contribution in [0.15, 0.2) is 30.3 Å². The van der Waals surface area contributed by atoms with Crippen molar-refractivity contribution in [2.24, 2.45) is 5.92 Å². The van der Waals surface area contributed by atoms with E-state index in [0.717, 1.165) is 5.69 Å². The van der Waals surface area contributed by atoms with Crippen LogP contribution in [0.4, 0.5) is 5.69 Å². The number of benzene rings is 1. The SMILES string of the molecule is C[C@@H]1[C@@H](CC(=O)O)CC(=O)N1c1ccccc1. The zero-order valence-electron chi connectivity index (χ0n) is 9.67. The second-order valence-electron chi connectivity index (χ2n) is 4.40. The highest BCUT2D eigenvalue weighted by Crippen LogP contribution is 2.32. The zero-order chi connectivity index (χ0) is 12.4. The normalized spacial score (nSPS) is 24.1. The van der Waals surface area contributed by atoms with Gasteiger partial charge in [-0.2, -0.15) is 0 Å². The highest BCUT2D eigenvalue weighted by atomic mass is 16.4. The van der Waals surface area contributed by atoms with Crippen LogP contribution in [0.2, 0.25) is 0 Å². The molecule has 4 nitrogen and oxygen atoms in total. The molecule has 0 aromatic heterocycles. The van der Waals surface area contributed by atoms with Gasteiger partial charge in [0.05, 0.1) is 6.42 Å². The fraction of sp³-hybridized carbons (Fsp3) is 0.385. The molecule has 2 atom stereocenters. The summed E-state index contributed by atoms with van der Waals surface area (Å²) in [6, 6.07) is 9.33. The van der Waals surface area contributed by atoms with E-state index < -0.39 is 5.97 Å². The molecule has 0 saturated carbocycles. The first-order valence-corrected chi connectivity index (χ1v) is 5.68. The van der Waals surface area contributed by atoms with Crippen LogP contribution in [-0.2, 0) is 9.59 Å². The second kappa shape index (κ2) is 4.57. The summed E-state index contributed by atoms with van der Waals surface area (Å²) in [7, 11) is 0. The van der Waals surface area contributed by atoms with Crippen LogP contribution in [-0.4, -0.2) is 23.0 Å². The molecule has 0 radical (unpaired) electrons. The lowest BCUT2D eigenvalue weighted by Crippen LogP contribution is -2.33. The summed E-state index contributed by atoms with van der Waals surface area (Å²) in [6.07, 6.45) is 0.374. The fourth-order valence-corrected chi connectivity index (χ4v) is 2.37. The van der Waals surface area contributed by atoms with Gasteiger partial charge in [-0.05, 0) is 25.0 Å². The first-order valence-electron chi connectivity index (χ1n) is 5.68. The predicted octanol–water partition coefficient (Wildman–Crippen LogP) is 1.90. The minimum atomic E-state index is -0.843. The van der Waals surface area contributed by atoms with E-state index in [0.29, 0.717) is 6.42 Å². The summed E-state index contributed by atoms with van der Waals surface area (Å²) >= 11 is 0. The van der Waals surface area contributed by atoms with Crippen molar-refractivity contribution < 1.29 is 14.7 Å². The zero-order valence-corrected chi connectivity index (χ0v) is 9.67. The second-order valence-corrected chi connectivity index (χ2v) is 4.40. The lowest BCUT2D eigenvalue weighted by Gasteiger charge is -2.24. The Morgan fingerprint density at radius 1 is 1.41 bits per heavy atom. The summed E-state index contributed by atoms with van der Waals surface area (Å²) in [4.78, 5) is 24.3. The number of hydrogen-bond donors (Lipinski definition) is 1. The highest BCUT2D eigenvalue weighted by Gasteiger charge is 2.38. The molecule has 1 aliphatic heterocycles. The molecule has 0 bridgehead atoms. The molecule has 0 spiro atoms. The first-order chi connectivity index (χ1) is 8.09. The minimum absolute atomic E-state index is 0.00921. The van der Waals surface area contributed by atoms with Crippen molar-refractivity contribution in [3.8, 4) is 0 Å². The van der Waals surface area contributed by atoms with Crippen LogP contribution in [0.1, 0.15) is 19.8 Å². The van der Waals surface area contributed by atoms with Gasteiger partial charge in [-0.1, -0.05) is 18.2 Å². The average Bonchev–Trinajstić information content (AvgIpc) is 2.54. The van der Waals surface area contributed by atoms with Crippen molar-refractivity contribution in [3.63, 3.8) is 0 Å². The van der Waals surface area contributed by atoms with Gasteiger partial charge in [0.1, 0.15) is 0 Å². The van der Waals surface area contributed by atoms with Crippen molar-refractivity contribution in [2.75, 3.05) is 4.90 Å². The van der Waals surface area contributed by atoms with E-state index >= 15 is 0 Å². The molecule has 4 heteroatoms. The Kier molecular flexibility index (Phi) is 3.13. The van der Waals surface area contributed by atoms with Crippen molar-refractivity contribution in [1.29, 1.82) is 0 Å². The number of carbonyl (C=O) groups excluding carboxylic acids is 1. The van der Waals surface area contributed by atoms with E-state index in [1.807, 2.05) is 37.3 Å². The van der Waals surface area contributed by atoms with Crippen LogP contribution in [0.3, 0.4) is 0 Å². The Bertz CT molecular complexity index is 430. The quantitative estimate of drug-likeness (QED) is 0.867. The number of rotatable bonds is 3. The van der Waals surface area contributed by atoms with Crippen LogP contribution in [0, 0.1) is 5.92 Å². The van der Waals surface area contributed by atoms with Crippen LogP contribution in [0.25, 0.3) is 0 Å². The Balaban J connectivity index is 2.20. The summed E-state index contributed by atoms with van der Waals surface area (Å²) in [5, 5.41) is 8.80. The third-order valence-electron chi connectivity index (χ3n) is 3.27. The number of aliphatic carboxylic acids is 1. The molecule has 1 N–H and O–H groups in total. The topological polar surface area (TPSA) is 57.6 Å². The maximum atomic E-state index is 11.9. The van der Waals surface area contributed by atoms with Gasteiger partial charge < -0.3 is 10.0 Å². The van der Waals surface area contributed by atoms with E-state index in [-0.39, 0.29) is 24.3 Å². The molecule has 1 aliphatic rings. The number of para-hydroxylation sites is 1. The molecule has 1 saturated heterocycles. The average molecular weight is 233 g/mol. The van der Waals surface area contributed by atoms with Crippen LogP contribution < -0.4 is 4.90 Å². The van der Waals surface area contributed by atoms with Gasteiger partial charge >= 0.3 is 5.97 Å². The lowest BCUT2D eigenvalue weighted by atomic mass is 9.98. The molecule has 0 aliphatic carbocycles. The molecule has 1 heterocycles. The highest BCUT2D eigenvalue weighted by molar-refractivity contribution is 5.96. The smallest absolute Gasteiger partial charge is 0.303 e. The van der Waals surface area contributed by atoms with Gasteiger partial charge in [-0.3, -0.25) is 9.59 Å². The summed E-state index contributed by atoms with van der Waals surface area (Å²) in [5.74, 6) is -0.931. The molecular formula is C13H15NO3. The van der Waals surface area contributed by atoms with Crippen molar-refractivity contribution in [1.82, 2.24) is 0 Å². The van der Waals surface area contributed by atoms with E-state index in [2.05, 4.69) is 0 Å². The summed E-state index contributed by atoms with van der Waals surface area (Å²) in [6.45, 7) is 1.91. The molecular weight excluding hydrogens is 218 g/mol. The number of carboxylic acid groups (broad SMARTS) is 1. The molecule has 1 amide bonds. The Morgan fingerprint density at radius 2 is 2.06 bits per heavy atom.